The Kier molecular flexibility index (Phi) is 10.8. The second-order valence-electron chi connectivity index (χ2n) is 6.04. The molecule has 12 heteroatoms. The van der Waals surface area contributed by atoms with Gasteiger partial charge in [-0.15, -0.1) is 0 Å². The molecule has 0 unspecified atom stereocenters. The summed E-state index contributed by atoms with van der Waals surface area (Å²) in [5.41, 5.74) is 0.277. The van der Waals surface area contributed by atoms with Gasteiger partial charge < -0.3 is 36.8 Å². The van der Waals surface area contributed by atoms with Gasteiger partial charge in [0.05, 0.1) is 11.1 Å². The summed E-state index contributed by atoms with van der Waals surface area (Å²) in [6.45, 7) is 0. The van der Waals surface area contributed by atoms with E-state index < -0.39 is 29.5 Å². The summed E-state index contributed by atoms with van der Waals surface area (Å²) in [6, 6.07) is 13.0. The molecule has 0 amide bonds. The molecular formula is C20H28O10Si2. The van der Waals surface area contributed by atoms with Crippen molar-refractivity contribution in [3.8, 4) is 0 Å². The first-order valence-corrected chi connectivity index (χ1v) is 12.6. The maximum atomic E-state index is 11.1. The summed E-state index contributed by atoms with van der Waals surface area (Å²) in [7, 11) is 2.49. The lowest BCUT2D eigenvalue weighted by Gasteiger charge is -2.25. The third-order valence-corrected chi connectivity index (χ3v) is 10.0. The molecule has 2 aromatic carbocycles. The quantitative estimate of drug-likeness (QED) is 0.470. The van der Waals surface area contributed by atoms with Crippen LogP contribution in [-0.4, -0.2) is 82.4 Å². The molecule has 176 valence electrons. The Labute approximate surface area is 189 Å². The van der Waals surface area contributed by atoms with Crippen LogP contribution in [-0.2, 0) is 26.6 Å². The van der Waals surface area contributed by atoms with Crippen LogP contribution >= 0.6 is 0 Å². The van der Waals surface area contributed by atoms with Crippen molar-refractivity contribution in [3.05, 3.63) is 59.7 Å². The van der Waals surface area contributed by atoms with E-state index in [1.807, 2.05) is 0 Å². The normalized spacial score (nSPS) is 11.4. The van der Waals surface area contributed by atoms with Crippen molar-refractivity contribution in [1.82, 2.24) is 0 Å². The molecule has 0 fully saturated rings. The van der Waals surface area contributed by atoms with E-state index in [-0.39, 0.29) is 11.1 Å². The highest BCUT2D eigenvalue weighted by atomic mass is 28.4. The van der Waals surface area contributed by atoms with Gasteiger partial charge in [-0.05, 0) is 12.1 Å². The van der Waals surface area contributed by atoms with Crippen molar-refractivity contribution in [3.63, 3.8) is 0 Å². The van der Waals surface area contributed by atoms with Gasteiger partial charge in [0.2, 0.25) is 0 Å². The third kappa shape index (κ3) is 5.87. The Morgan fingerprint density at radius 2 is 0.812 bits per heavy atom. The fraction of sp³-hybridized carbons (Fsp3) is 0.300. The zero-order valence-electron chi connectivity index (χ0n) is 18.8. The van der Waals surface area contributed by atoms with Crippen LogP contribution < -0.4 is 10.4 Å². The highest BCUT2D eigenvalue weighted by Crippen LogP contribution is 2.11. The van der Waals surface area contributed by atoms with Crippen LogP contribution in [0, 0.1) is 0 Å². The fourth-order valence-corrected chi connectivity index (χ4v) is 6.99. The smallest absolute Gasteiger partial charge is 0.478 e. The molecule has 0 aliphatic carbocycles. The average Bonchev–Trinajstić information content (AvgIpc) is 2.83. The number of hydrogen-bond donors (Lipinski definition) is 2. The molecule has 2 N–H and O–H groups in total. The van der Waals surface area contributed by atoms with Gasteiger partial charge in [-0.25, -0.2) is 9.59 Å². The van der Waals surface area contributed by atoms with E-state index in [2.05, 4.69) is 0 Å². The van der Waals surface area contributed by atoms with Crippen LogP contribution in [0.25, 0.3) is 0 Å². The number of rotatable bonds is 10. The summed E-state index contributed by atoms with van der Waals surface area (Å²) in [5.74, 6) is -2.06. The molecule has 0 aliphatic rings. The Morgan fingerprint density at radius 1 is 0.562 bits per heavy atom. The van der Waals surface area contributed by atoms with Crippen molar-refractivity contribution < 1.29 is 46.4 Å². The molecule has 10 nitrogen and oxygen atoms in total. The molecule has 0 heterocycles. The molecule has 0 saturated carbocycles. The van der Waals surface area contributed by atoms with Crippen molar-refractivity contribution in [2.24, 2.45) is 0 Å². The average molecular weight is 485 g/mol. The Bertz CT molecular complexity index is 807. The van der Waals surface area contributed by atoms with E-state index in [1.54, 1.807) is 36.4 Å². The fourth-order valence-electron chi connectivity index (χ4n) is 3.03. The summed E-state index contributed by atoms with van der Waals surface area (Å²) < 4.78 is 31.5. The lowest BCUT2D eigenvalue weighted by atomic mass is 10.2. The molecular weight excluding hydrogens is 456 g/mol. The number of aromatic carboxylic acids is 2. The van der Waals surface area contributed by atoms with Crippen LogP contribution in [0.4, 0.5) is 0 Å². The molecule has 0 bridgehead atoms. The molecule has 2 rings (SSSR count). The number of carboxylic acids is 2. The van der Waals surface area contributed by atoms with E-state index >= 15 is 0 Å². The molecule has 0 spiro atoms. The molecule has 0 aliphatic heterocycles. The zero-order chi connectivity index (χ0) is 24.4. The van der Waals surface area contributed by atoms with Crippen LogP contribution in [0.5, 0.6) is 0 Å². The summed E-state index contributed by atoms with van der Waals surface area (Å²) in [4.78, 5) is 22.1. The highest BCUT2D eigenvalue weighted by Gasteiger charge is 2.44. The highest BCUT2D eigenvalue weighted by molar-refractivity contribution is 6.76. The number of benzene rings is 2. The number of hydrogen-bond acceptors (Lipinski definition) is 8. The summed E-state index contributed by atoms with van der Waals surface area (Å²) in [6.07, 6.45) is 0. The minimum Gasteiger partial charge on any atom is -0.478 e. The van der Waals surface area contributed by atoms with Crippen molar-refractivity contribution >= 4 is 39.9 Å². The molecule has 0 radical (unpaired) electrons. The first-order valence-electron chi connectivity index (χ1n) is 9.18. The van der Waals surface area contributed by atoms with Gasteiger partial charge in [0.1, 0.15) is 0 Å². The van der Waals surface area contributed by atoms with Gasteiger partial charge in [-0.3, -0.25) is 0 Å². The molecule has 0 saturated heterocycles. The van der Waals surface area contributed by atoms with Crippen molar-refractivity contribution in [2.45, 2.75) is 0 Å². The van der Waals surface area contributed by atoms with Gasteiger partial charge in [0.15, 0.2) is 0 Å². The molecule has 0 atom stereocenters. The topological polar surface area (TPSA) is 130 Å². The lowest BCUT2D eigenvalue weighted by Crippen LogP contribution is -2.56. The zero-order valence-corrected chi connectivity index (χ0v) is 20.8. The SMILES string of the molecule is CO[Si](OC)(OC)c1ccccc1C(=O)O.CO[Si](OC)(OC)c1ccccc1C(=O)O. The number of carbonyl (C=O) groups is 2. The van der Waals surface area contributed by atoms with E-state index in [9.17, 15) is 9.59 Å². The molecule has 2 aromatic rings. The van der Waals surface area contributed by atoms with Gasteiger partial charge in [0.25, 0.3) is 0 Å². The maximum Gasteiger partial charge on any atom is 0.537 e. The minimum absolute atomic E-state index is 0.139. The van der Waals surface area contributed by atoms with Crippen LogP contribution in [0.3, 0.4) is 0 Å². The van der Waals surface area contributed by atoms with Crippen LogP contribution in [0.2, 0.25) is 0 Å². The van der Waals surface area contributed by atoms with E-state index in [4.69, 9.17) is 36.8 Å². The largest absolute Gasteiger partial charge is 0.537 e. The van der Waals surface area contributed by atoms with Gasteiger partial charge in [-0.2, -0.15) is 0 Å². The monoisotopic (exact) mass is 484 g/mol. The second-order valence-corrected chi connectivity index (χ2v) is 11.8. The van der Waals surface area contributed by atoms with Crippen molar-refractivity contribution in [2.75, 3.05) is 42.7 Å². The Hall–Kier alpha value is -2.43. The number of carboxylic acid groups (broad SMARTS) is 2. The predicted molar refractivity (Wildman–Crippen MR) is 120 cm³/mol. The van der Waals surface area contributed by atoms with Crippen molar-refractivity contribution in [1.29, 1.82) is 0 Å². The van der Waals surface area contributed by atoms with Gasteiger partial charge in [-0.1, -0.05) is 36.4 Å². The Morgan fingerprint density at radius 3 is 1.03 bits per heavy atom. The van der Waals surface area contributed by atoms with Crippen LogP contribution in [0.15, 0.2) is 48.5 Å². The second kappa shape index (κ2) is 12.6. The van der Waals surface area contributed by atoms with E-state index in [1.165, 1.54) is 54.8 Å². The summed E-state index contributed by atoms with van der Waals surface area (Å²) >= 11 is 0. The lowest BCUT2D eigenvalue weighted by molar-refractivity contribution is 0.0685. The first-order chi connectivity index (χ1) is 15.2. The van der Waals surface area contributed by atoms with E-state index in [0.717, 1.165) is 0 Å². The summed E-state index contributed by atoms with van der Waals surface area (Å²) in [5, 5.41) is 19.0. The molecule has 0 aromatic heterocycles. The third-order valence-electron chi connectivity index (χ3n) is 4.59. The first kappa shape index (κ1) is 27.6. The van der Waals surface area contributed by atoms with Gasteiger partial charge >= 0.3 is 29.5 Å². The predicted octanol–water partition coefficient (Wildman–Crippen LogP) is 0.940. The van der Waals surface area contributed by atoms with E-state index in [0.29, 0.717) is 10.4 Å². The molecule has 32 heavy (non-hydrogen) atoms. The minimum atomic E-state index is -3.08. The van der Waals surface area contributed by atoms with Crippen LogP contribution in [0.1, 0.15) is 20.7 Å². The van der Waals surface area contributed by atoms with Gasteiger partial charge in [0, 0.05) is 53.0 Å². The Balaban J connectivity index is 0.000000320. The standard InChI is InChI=1S/2C10H14O5Si/c2*1-13-16(14-2,15-3)9-7-5-4-6-8(9)10(11)12/h2*4-7H,1-3H3,(H,11,12). The maximum absolute atomic E-state index is 11.1.